The average molecular weight is 406 g/mol. The molecule has 0 aliphatic rings. The maximum Gasteiger partial charge on any atom is 0.353 e. The summed E-state index contributed by atoms with van der Waals surface area (Å²) >= 11 is 0. The number of hydrogen-bond acceptors (Lipinski definition) is 4. The van der Waals surface area contributed by atoms with Crippen LogP contribution in [0.25, 0.3) is 5.69 Å². The fraction of sp³-hybridized carbons (Fsp3) is 0.619. The van der Waals surface area contributed by atoms with E-state index in [0.29, 0.717) is 16.6 Å². The number of aryl methyl sites for hydroxylation is 2. The zero-order valence-electron chi connectivity index (χ0n) is 18.7. The van der Waals surface area contributed by atoms with Crippen LogP contribution in [0.15, 0.2) is 23.0 Å². The van der Waals surface area contributed by atoms with Gasteiger partial charge in [-0.05, 0) is 34.7 Å². The van der Waals surface area contributed by atoms with E-state index in [0.717, 1.165) is 23.4 Å². The van der Waals surface area contributed by atoms with E-state index in [9.17, 15) is 4.79 Å². The third-order valence-electron chi connectivity index (χ3n) is 5.76. The van der Waals surface area contributed by atoms with Crippen LogP contribution in [-0.2, 0) is 13.5 Å². The summed E-state index contributed by atoms with van der Waals surface area (Å²) in [6.07, 6.45) is 0.774. The first-order chi connectivity index (χ1) is 13.1. The van der Waals surface area contributed by atoms with E-state index >= 15 is 0 Å². The minimum Gasteiger partial charge on any atom is -0.541 e. The molecule has 2 aromatic rings. The van der Waals surface area contributed by atoms with Gasteiger partial charge in [-0.2, -0.15) is 0 Å². The minimum absolute atomic E-state index is 0.242. The Morgan fingerprint density at radius 3 is 2.11 bits per heavy atom. The predicted molar refractivity (Wildman–Crippen MR) is 116 cm³/mol. The fourth-order valence-electron chi connectivity index (χ4n) is 4.50. The van der Waals surface area contributed by atoms with Crippen molar-refractivity contribution in [1.82, 2.24) is 14.3 Å². The Morgan fingerprint density at radius 1 is 1.07 bits per heavy atom. The molecular weight excluding hydrogens is 370 g/mol. The third kappa shape index (κ3) is 3.64. The van der Waals surface area contributed by atoms with Gasteiger partial charge in [-0.3, -0.25) is 0 Å². The summed E-state index contributed by atoms with van der Waals surface area (Å²) in [7, 11) is 0.971. The van der Waals surface area contributed by atoms with Gasteiger partial charge in [0.05, 0.1) is 12.8 Å². The Morgan fingerprint density at radius 2 is 1.64 bits per heavy atom. The van der Waals surface area contributed by atoms with Gasteiger partial charge in [-0.25, -0.2) is 14.0 Å². The Labute approximate surface area is 169 Å². The normalized spacial score (nSPS) is 12.3. The summed E-state index contributed by atoms with van der Waals surface area (Å²) in [6, 6.07) is 6.28. The van der Waals surface area contributed by atoms with Crippen molar-refractivity contribution in [2.45, 2.75) is 71.5 Å². The molecule has 0 atom stereocenters. The van der Waals surface area contributed by atoms with Crippen LogP contribution >= 0.6 is 0 Å². The van der Waals surface area contributed by atoms with Gasteiger partial charge in [0.1, 0.15) is 5.75 Å². The summed E-state index contributed by atoms with van der Waals surface area (Å²) in [5.74, 6) is 0.746. The van der Waals surface area contributed by atoms with Crippen LogP contribution in [0, 0.1) is 0 Å². The molecule has 28 heavy (non-hydrogen) atoms. The van der Waals surface area contributed by atoms with Crippen LogP contribution in [0.3, 0.4) is 0 Å². The lowest BCUT2D eigenvalue weighted by Crippen LogP contribution is -2.51. The SMILES string of the molecule is CCc1cccc(O[Si](C(C)C)(C(C)C)C(C)C)c1-n1c(OC)nn(C)c1=O. The van der Waals surface area contributed by atoms with Crippen LogP contribution in [0.1, 0.15) is 54.0 Å². The van der Waals surface area contributed by atoms with E-state index in [-0.39, 0.29) is 11.7 Å². The molecule has 0 amide bonds. The lowest BCUT2D eigenvalue weighted by molar-refractivity contribution is 0.367. The molecule has 0 N–H and O–H groups in total. The molecule has 0 unspecified atom stereocenters. The van der Waals surface area contributed by atoms with E-state index in [4.69, 9.17) is 9.16 Å². The molecular formula is C21H35N3O3Si. The first-order valence-electron chi connectivity index (χ1n) is 10.1. The predicted octanol–water partition coefficient (Wildman–Crippen LogP) is 4.70. The van der Waals surface area contributed by atoms with E-state index in [1.807, 2.05) is 18.2 Å². The van der Waals surface area contributed by atoms with Crippen molar-refractivity contribution >= 4 is 8.32 Å². The maximum absolute atomic E-state index is 12.9. The molecule has 0 aliphatic heterocycles. The first-order valence-corrected chi connectivity index (χ1v) is 12.3. The van der Waals surface area contributed by atoms with Crippen molar-refractivity contribution in [2.24, 2.45) is 7.05 Å². The molecule has 1 aromatic heterocycles. The Kier molecular flexibility index (Phi) is 6.80. The number of benzene rings is 1. The molecule has 0 saturated carbocycles. The van der Waals surface area contributed by atoms with E-state index in [2.05, 4.69) is 53.6 Å². The van der Waals surface area contributed by atoms with Crippen LogP contribution in [-0.4, -0.2) is 29.8 Å². The number of para-hydroxylation sites is 1. The highest BCUT2D eigenvalue weighted by molar-refractivity contribution is 6.78. The molecule has 0 fully saturated rings. The molecule has 0 spiro atoms. The van der Waals surface area contributed by atoms with Gasteiger partial charge in [0.25, 0.3) is 8.32 Å². The van der Waals surface area contributed by atoms with E-state index < -0.39 is 8.32 Å². The minimum atomic E-state index is -2.19. The average Bonchev–Trinajstić information content (AvgIpc) is 2.92. The Balaban J connectivity index is 2.80. The maximum atomic E-state index is 12.9. The lowest BCUT2D eigenvalue weighted by Gasteiger charge is -2.42. The third-order valence-corrected chi connectivity index (χ3v) is 11.7. The van der Waals surface area contributed by atoms with Crippen LogP contribution in [0.2, 0.25) is 16.6 Å². The van der Waals surface area contributed by atoms with Gasteiger partial charge < -0.3 is 9.16 Å². The van der Waals surface area contributed by atoms with Crippen LogP contribution < -0.4 is 14.9 Å². The standard InChI is InChI=1S/C21H35N3O3Si/c1-10-17-12-11-13-18(27-28(14(2)3,15(4)5)16(6)7)19(17)24-20(26-9)22-23(8)21(24)25/h11-16H,10H2,1-9H3. The second-order valence-electron chi connectivity index (χ2n) is 8.27. The van der Waals surface area contributed by atoms with Crippen LogP contribution in [0.4, 0.5) is 0 Å². The summed E-state index contributed by atoms with van der Waals surface area (Å²) in [5, 5.41) is 4.22. The monoisotopic (exact) mass is 405 g/mol. The molecule has 0 aliphatic carbocycles. The Hall–Kier alpha value is -2.02. The van der Waals surface area contributed by atoms with Crippen molar-refractivity contribution in [1.29, 1.82) is 0 Å². The van der Waals surface area contributed by atoms with Gasteiger partial charge in [0.2, 0.25) is 0 Å². The molecule has 1 heterocycles. The number of methoxy groups -OCH3 is 1. The summed E-state index contributed by atoms with van der Waals surface area (Å²) in [6.45, 7) is 15.6. The van der Waals surface area contributed by atoms with Crippen LogP contribution in [0.5, 0.6) is 11.8 Å². The topological polar surface area (TPSA) is 58.3 Å². The van der Waals surface area contributed by atoms with E-state index in [1.54, 1.807) is 7.05 Å². The second kappa shape index (κ2) is 8.55. The highest BCUT2D eigenvalue weighted by atomic mass is 28.4. The zero-order chi connectivity index (χ0) is 21.2. The van der Waals surface area contributed by atoms with Crippen molar-refractivity contribution in [3.63, 3.8) is 0 Å². The van der Waals surface area contributed by atoms with Gasteiger partial charge in [0.15, 0.2) is 0 Å². The molecule has 6 nitrogen and oxygen atoms in total. The smallest absolute Gasteiger partial charge is 0.353 e. The molecule has 156 valence electrons. The largest absolute Gasteiger partial charge is 0.541 e. The summed E-state index contributed by atoms with van der Waals surface area (Å²) in [4.78, 5) is 12.9. The van der Waals surface area contributed by atoms with Gasteiger partial charge in [-0.1, -0.05) is 60.6 Å². The molecule has 1 aromatic carbocycles. The molecule has 0 saturated heterocycles. The summed E-state index contributed by atoms with van der Waals surface area (Å²) < 4.78 is 15.2. The highest BCUT2D eigenvalue weighted by Gasteiger charge is 2.47. The Bertz CT molecular complexity index is 846. The van der Waals surface area contributed by atoms with Crippen molar-refractivity contribution in [2.75, 3.05) is 7.11 Å². The number of hydrogen-bond donors (Lipinski definition) is 0. The molecule has 7 heteroatoms. The molecule has 0 bridgehead atoms. The van der Waals surface area contributed by atoms with E-state index in [1.165, 1.54) is 16.4 Å². The zero-order valence-corrected chi connectivity index (χ0v) is 19.7. The molecule has 2 rings (SSSR count). The van der Waals surface area contributed by atoms with Crippen molar-refractivity contribution < 1.29 is 9.16 Å². The number of rotatable bonds is 8. The number of ether oxygens (including phenoxy) is 1. The van der Waals surface area contributed by atoms with Gasteiger partial charge in [-0.15, -0.1) is 5.10 Å². The number of aromatic nitrogens is 3. The van der Waals surface area contributed by atoms with Crippen molar-refractivity contribution in [3.05, 3.63) is 34.2 Å². The number of nitrogens with zero attached hydrogens (tertiary/aromatic N) is 3. The van der Waals surface area contributed by atoms with Gasteiger partial charge in [0, 0.05) is 7.05 Å². The quantitative estimate of drug-likeness (QED) is 0.598. The molecule has 0 radical (unpaired) electrons. The van der Waals surface area contributed by atoms with Crippen molar-refractivity contribution in [3.8, 4) is 17.4 Å². The fourth-order valence-corrected chi connectivity index (χ4v) is 9.75. The van der Waals surface area contributed by atoms with Gasteiger partial charge >= 0.3 is 11.7 Å². The lowest BCUT2D eigenvalue weighted by atomic mass is 10.1. The summed E-state index contributed by atoms with van der Waals surface area (Å²) in [5.41, 5.74) is 2.83. The second-order valence-corrected chi connectivity index (χ2v) is 13.6. The highest BCUT2D eigenvalue weighted by Crippen LogP contribution is 2.44. The first kappa shape index (κ1) is 22.3.